The molecule has 0 fully saturated rings. The molecule has 0 saturated heterocycles. The minimum Gasteiger partial charge on any atom is -0.494 e. The van der Waals surface area contributed by atoms with Crippen LogP contribution in [-0.2, 0) is 13.1 Å². The van der Waals surface area contributed by atoms with E-state index < -0.39 is 0 Å². The Kier molecular flexibility index (Phi) is 7.31. The Balaban J connectivity index is 1.41. The van der Waals surface area contributed by atoms with Gasteiger partial charge in [0.2, 0.25) is 0 Å². The minimum atomic E-state index is -0.0794. The van der Waals surface area contributed by atoms with E-state index in [9.17, 15) is 4.79 Å². The number of imidazole rings is 1. The largest absolute Gasteiger partial charge is 0.494 e. The number of hydrogen-bond donors (Lipinski definition) is 1. The van der Waals surface area contributed by atoms with Crippen molar-refractivity contribution < 1.29 is 9.53 Å². The molecule has 0 saturated carbocycles. The van der Waals surface area contributed by atoms with Crippen LogP contribution in [0.3, 0.4) is 0 Å². The topological polar surface area (TPSA) is 56.2 Å². The molecule has 0 spiro atoms. The monoisotopic (exact) mass is 455 g/mol. The number of fused-ring (bicyclic) bond motifs is 1. The SMILES string of the molecule is Cc1ccc(C(=O)NCc2nc3ccccc3n2CCCOc2ccc(C(C)C)cc2)c(C)c1. The third-order valence-corrected chi connectivity index (χ3v) is 6.11. The van der Waals surface area contributed by atoms with Crippen LogP contribution >= 0.6 is 0 Å². The van der Waals surface area contributed by atoms with Crippen molar-refractivity contribution in [2.24, 2.45) is 0 Å². The van der Waals surface area contributed by atoms with Gasteiger partial charge in [-0.1, -0.05) is 55.8 Å². The number of aromatic nitrogens is 2. The van der Waals surface area contributed by atoms with Crippen LogP contribution in [0.1, 0.15) is 59.1 Å². The molecule has 4 aromatic rings. The summed E-state index contributed by atoms with van der Waals surface area (Å²) in [7, 11) is 0. The van der Waals surface area contributed by atoms with Gasteiger partial charge in [-0.15, -0.1) is 0 Å². The smallest absolute Gasteiger partial charge is 0.251 e. The number of rotatable bonds is 9. The molecule has 4 rings (SSSR count). The van der Waals surface area contributed by atoms with Crippen molar-refractivity contribution in [3.63, 3.8) is 0 Å². The zero-order valence-electron chi connectivity index (χ0n) is 20.5. The number of hydrogen-bond acceptors (Lipinski definition) is 3. The first-order chi connectivity index (χ1) is 16.4. The van der Waals surface area contributed by atoms with Gasteiger partial charge < -0.3 is 14.6 Å². The second kappa shape index (κ2) is 10.6. The van der Waals surface area contributed by atoms with Gasteiger partial charge in [-0.05, 0) is 67.6 Å². The number of amides is 1. The molecule has 0 radical (unpaired) electrons. The second-order valence-corrected chi connectivity index (χ2v) is 9.10. The fourth-order valence-electron chi connectivity index (χ4n) is 4.19. The van der Waals surface area contributed by atoms with Crippen molar-refractivity contribution in [1.29, 1.82) is 0 Å². The maximum absolute atomic E-state index is 12.8. The summed E-state index contributed by atoms with van der Waals surface area (Å²) in [6.07, 6.45) is 0.838. The van der Waals surface area contributed by atoms with Crippen LogP contribution in [0.25, 0.3) is 11.0 Å². The lowest BCUT2D eigenvalue weighted by Crippen LogP contribution is -2.25. The van der Waals surface area contributed by atoms with E-state index in [1.807, 2.05) is 62.4 Å². The lowest BCUT2D eigenvalue weighted by atomic mass is 10.0. The van der Waals surface area contributed by atoms with Crippen LogP contribution < -0.4 is 10.1 Å². The number of benzene rings is 3. The van der Waals surface area contributed by atoms with Crippen molar-refractivity contribution >= 4 is 16.9 Å². The molecule has 0 aliphatic carbocycles. The molecule has 0 aliphatic heterocycles. The molecule has 1 N–H and O–H groups in total. The Labute approximate surface area is 201 Å². The van der Waals surface area contributed by atoms with Gasteiger partial charge in [-0.25, -0.2) is 4.98 Å². The number of ether oxygens (including phenoxy) is 1. The molecular formula is C29H33N3O2. The van der Waals surface area contributed by atoms with E-state index in [1.54, 1.807) is 0 Å². The second-order valence-electron chi connectivity index (χ2n) is 9.10. The highest BCUT2D eigenvalue weighted by Crippen LogP contribution is 2.20. The Morgan fingerprint density at radius 3 is 2.53 bits per heavy atom. The first-order valence-corrected chi connectivity index (χ1v) is 11.9. The van der Waals surface area contributed by atoms with Crippen LogP contribution in [0.5, 0.6) is 5.75 Å². The molecule has 0 unspecified atom stereocenters. The molecule has 176 valence electrons. The molecule has 1 aromatic heterocycles. The fraction of sp³-hybridized carbons (Fsp3) is 0.310. The molecule has 5 nitrogen and oxygen atoms in total. The number of aryl methyl sites for hydroxylation is 3. The number of carbonyl (C=O) groups excluding carboxylic acids is 1. The summed E-state index contributed by atoms with van der Waals surface area (Å²) in [5.74, 6) is 2.17. The van der Waals surface area contributed by atoms with E-state index in [0.29, 0.717) is 24.6 Å². The highest BCUT2D eigenvalue weighted by atomic mass is 16.5. The molecule has 3 aromatic carbocycles. The predicted molar refractivity (Wildman–Crippen MR) is 137 cm³/mol. The van der Waals surface area contributed by atoms with Crippen molar-refractivity contribution in [1.82, 2.24) is 14.9 Å². The number of para-hydroxylation sites is 2. The molecular weight excluding hydrogens is 422 g/mol. The van der Waals surface area contributed by atoms with Crippen LogP contribution in [0, 0.1) is 13.8 Å². The van der Waals surface area contributed by atoms with Crippen molar-refractivity contribution in [3.05, 3.63) is 94.8 Å². The van der Waals surface area contributed by atoms with Gasteiger partial charge >= 0.3 is 0 Å². The number of carbonyl (C=O) groups is 1. The van der Waals surface area contributed by atoms with Gasteiger partial charge in [0.05, 0.1) is 24.2 Å². The lowest BCUT2D eigenvalue weighted by Gasteiger charge is -2.12. The Hall–Kier alpha value is -3.60. The van der Waals surface area contributed by atoms with E-state index in [1.165, 1.54) is 5.56 Å². The minimum absolute atomic E-state index is 0.0794. The molecule has 5 heteroatoms. The van der Waals surface area contributed by atoms with Crippen LogP contribution in [0.2, 0.25) is 0 Å². The summed E-state index contributed by atoms with van der Waals surface area (Å²) in [6.45, 7) is 10.1. The van der Waals surface area contributed by atoms with Crippen molar-refractivity contribution in [2.45, 2.75) is 53.1 Å². The zero-order chi connectivity index (χ0) is 24.1. The molecule has 0 atom stereocenters. The standard InChI is InChI=1S/C29H33N3O2/c1-20(2)23-11-13-24(14-12-23)34-17-7-16-32-27-9-6-5-8-26(27)31-28(32)19-30-29(33)25-15-10-21(3)18-22(25)4/h5-6,8-15,18,20H,7,16-17,19H2,1-4H3,(H,30,33). The molecule has 1 amide bonds. The van der Waals surface area contributed by atoms with E-state index in [-0.39, 0.29) is 5.91 Å². The summed E-state index contributed by atoms with van der Waals surface area (Å²) in [5, 5.41) is 3.05. The van der Waals surface area contributed by atoms with Crippen LogP contribution in [-0.4, -0.2) is 22.1 Å². The average Bonchev–Trinajstić information content (AvgIpc) is 3.18. The predicted octanol–water partition coefficient (Wildman–Crippen LogP) is 6.18. The van der Waals surface area contributed by atoms with Crippen LogP contribution in [0.4, 0.5) is 0 Å². The van der Waals surface area contributed by atoms with Gasteiger partial charge in [0.1, 0.15) is 11.6 Å². The van der Waals surface area contributed by atoms with Crippen molar-refractivity contribution in [3.8, 4) is 5.75 Å². The van der Waals surface area contributed by atoms with Crippen LogP contribution in [0.15, 0.2) is 66.7 Å². The Morgan fingerprint density at radius 1 is 1.03 bits per heavy atom. The highest BCUT2D eigenvalue weighted by Gasteiger charge is 2.14. The Bertz CT molecular complexity index is 1270. The highest BCUT2D eigenvalue weighted by molar-refractivity contribution is 5.95. The summed E-state index contributed by atoms with van der Waals surface area (Å²) in [6, 6.07) is 22.3. The fourth-order valence-corrected chi connectivity index (χ4v) is 4.19. The lowest BCUT2D eigenvalue weighted by molar-refractivity contribution is 0.0949. The van der Waals surface area contributed by atoms with E-state index in [0.717, 1.165) is 46.7 Å². The molecule has 1 heterocycles. The first kappa shape index (κ1) is 23.6. The average molecular weight is 456 g/mol. The summed E-state index contributed by atoms with van der Waals surface area (Å²) in [5.41, 5.74) is 6.14. The molecule has 34 heavy (non-hydrogen) atoms. The summed E-state index contributed by atoms with van der Waals surface area (Å²) >= 11 is 0. The normalized spacial score (nSPS) is 11.2. The zero-order valence-corrected chi connectivity index (χ0v) is 20.5. The summed E-state index contributed by atoms with van der Waals surface area (Å²) < 4.78 is 8.15. The van der Waals surface area contributed by atoms with Gasteiger partial charge in [0, 0.05) is 12.1 Å². The maximum Gasteiger partial charge on any atom is 0.251 e. The maximum atomic E-state index is 12.8. The van der Waals surface area contributed by atoms with Gasteiger partial charge in [-0.2, -0.15) is 0 Å². The molecule has 0 aliphatic rings. The quantitative estimate of drug-likeness (QED) is 0.307. The van der Waals surface area contributed by atoms with Gasteiger partial charge in [-0.3, -0.25) is 4.79 Å². The first-order valence-electron chi connectivity index (χ1n) is 11.9. The summed E-state index contributed by atoms with van der Waals surface area (Å²) in [4.78, 5) is 17.6. The Morgan fingerprint density at radius 2 is 1.79 bits per heavy atom. The van der Waals surface area contributed by atoms with Gasteiger partial charge in [0.25, 0.3) is 5.91 Å². The van der Waals surface area contributed by atoms with Gasteiger partial charge in [0.15, 0.2) is 0 Å². The third-order valence-electron chi connectivity index (χ3n) is 6.11. The number of nitrogens with one attached hydrogen (secondary N) is 1. The van der Waals surface area contributed by atoms with E-state index >= 15 is 0 Å². The third kappa shape index (κ3) is 5.48. The van der Waals surface area contributed by atoms with E-state index in [2.05, 4.69) is 41.9 Å². The van der Waals surface area contributed by atoms with Crippen molar-refractivity contribution in [2.75, 3.05) is 6.61 Å². The molecule has 0 bridgehead atoms. The number of nitrogens with zero attached hydrogens (tertiary/aromatic N) is 2. The van der Waals surface area contributed by atoms with E-state index in [4.69, 9.17) is 9.72 Å².